The number of hydrogen-bond acceptors (Lipinski definition) is 1. The monoisotopic (exact) mass is 347 g/mol. The van der Waals surface area contributed by atoms with Gasteiger partial charge in [-0.3, -0.25) is 4.57 Å². The molecule has 126 valence electrons. The predicted molar refractivity (Wildman–Crippen MR) is 107 cm³/mol. The average Bonchev–Trinajstić information content (AvgIpc) is 2.68. The highest BCUT2D eigenvalue weighted by Gasteiger charge is 2.30. The molecule has 0 aliphatic heterocycles. The predicted octanol–water partition coefficient (Wildman–Crippen LogP) is 4.82. The molecule has 2 nitrogen and oxygen atoms in total. The Morgan fingerprint density at radius 2 is 1.20 bits per heavy atom. The molecule has 3 aromatic rings. The van der Waals surface area contributed by atoms with Gasteiger partial charge in [0.15, 0.2) is 0 Å². The van der Waals surface area contributed by atoms with Crippen molar-refractivity contribution >= 4 is 17.9 Å². The minimum atomic E-state index is -3.01. The molecule has 0 bridgehead atoms. The molecule has 0 radical (unpaired) electrons. The summed E-state index contributed by atoms with van der Waals surface area (Å²) >= 11 is 0. The third-order valence-electron chi connectivity index (χ3n) is 4.18. The maximum Gasteiger partial charge on any atom is 0.205 e. The van der Waals surface area contributed by atoms with Crippen LogP contribution in [0.5, 0.6) is 0 Å². The minimum absolute atomic E-state index is 0.188. The van der Waals surface area contributed by atoms with E-state index in [0.717, 1.165) is 21.7 Å². The second-order valence-electron chi connectivity index (χ2n) is 6.10. The van der Waals surface area contributed by atoms with Gasteiger partial charge in [0.1, 0.15) is 0 Å². The molecular weight excluding hydrogens is 325 g/mol. The van der Waals surface area contributed by atoms with Gasteiger partial charge in [-0.1, -0.05) is 78.9 Å². The van der Waals surface area contributed by atoms with Gasteiger partial charge in [0.25, 0.3) is 0 Å². The summed E-state index contributed by atoms with van der Waals surface area (Å²) in [4.78, 5) is 0. The molecule has 0 aromatic heterocycles. The van der Waals surface area contributed by atoms with Crippen LogP contribution in [0.15, 0.2) is 103 Å². The van der Waals surface area contributed by atoms with Crippen molar-refractivity contribution < 1.29 is 4.57 Å². The van der Waals surface area contributed by atoms with Gasteiger partial charge >= 0.3 is 0 Å². The van der Waals surface area contributed by atoms with Crippen molar-refractivity contribution in [3.05, 3.63) is 109 Å². The summed E-state index contributed by atoms with van der Waals surface area (Å²) in [6.45, 7) is 6.08. The van der Waals surface area contributed by atoms with Crippen molar-refractivity contribution in [3.63, 3.8) is 0 Å². The second kappa shape index (κ2) is 7.65. The Bertz CT molecular complexity index is 832. The Morgan fingerprint density at radius 1 is 0.800 bits per heavy atom. The topological polar surface area (TPSA) is 29.1 Å². The summed E-state index contributed by atoms with van der Waals surface area (Å²) in [7, 11) is -3.01. The molecule has 3 aromatic carbocycles. The number of rotatable bonds is 6. The van der Waals surface area contributed by atoms with Crippen LogP contribution in [0.4, 0.5) is 0 Å². The highest BCUT2D eigenvalue weighted by Crippen LogP contribution is 2.43. The lowest BCUT2D eigenvalue weighted by Gasteiger charge is -2.27. The van der Waals surface area contributed by atoms with Crippen LogP contribution >= 0.6 is 7.29 Å². The van der Waals surface area contributed by atoms with Gasteiger partial charge in [0.05, 0.1) is 6.04 Å². The van der Waals surface area contributed by atoms with E-state index >= 15 is 0 Å². The van der Waals surface area contributed by atoms with E-state index in [1.54, 1.807) is 0 Å². The van der Waals surface area contributed by atoms with Crippen molar-refractivity contribution in [1.82, 2.24) is 5.09 Å². The molecule has 25 heavy (non-hydrogen) atoms. The van der Waals surface area contributed by atoms with E-state index in [-0.39, 0.29) is 6.04 Å². The maximum absolute atomic E-state index is 14.2. The zero-order valence-electron chi connectivity index (χ0n) is 14.3. The third-order valence-corrected chi connectivity index (χ3v) is 6.85. The van der Waals surface area contributed by atoms with E-state index < -0.39 is 7.29 Å². The summed E-state index contributed by atoms with van der Waals surface area (Å²) in [5, 5.41) is 5.02. The Labute approximate surface area is 149 Å². The first-order chi connectivity index (χ1) is 12.1. The van der Waals surface area contributed by atoms with Crippen LogP contribution < -0.4 is 15.7 Å². The van der Waals surface area contributed by atoms with Gasteiger partial charge in [-0.2, -0.15) is 0 Å². The first kappa shape index (κ1) is 17.4. The van der Waals surface area contributed by atoms with Crippen molar-refractivity contribution in [1.29, 1.82) is 0 Å². The molecule has 0 saturated carbocycles. The molecular formula is C22H22NOP. The Balaban J connectivity index is 2.09. The van der Waals surface area contributed by atoms with Gasteiger partial charge in [0, 0.05) is 10.6 Å². The van der Waals surface area contributed by atoms with Crippen LogP contribution in [-0.2, 0) is 4.57 Å². The molecule has 0 amide bonds. The molecule has 3 heteroatoms. The Morgan fingerprint density at radius 3 is 1.60 bits per heavy atom. The first-order valence-corrected chi connectivity index (χ1v) is 10.0. The summed E-state index contributed by atoms with van der Waals surface area (Å²) in [5.74, 6) is 0. The fourth-order valence-corrected chi connectivity index (χ4v) is 5.38. The number of nitrogens with one attached hydrogen (secondary N) is 1. The lowest BCUT2D eigenvalue weighted by Crippen LogP contribution is -2.31. The van der Waals surface area contributed by atoms with Crippen LogP contribution in [0, 0.1) is 0 Å². The van der Waals surface area contributed by atoms with Gasteiger partial charge in [-0.05, 0) is 36.8 Å². The number of benzene rings is 3. The molecule has 0 heterocycles. The van der Waals surface area contributed by atoms with Crippen molar-refractivity contribution in [2.24, 2.45) is 0 Å². The summed E-state index contributed by atoms with van der Waals surface area (Å²) in [6, 6.07) is 29.1. The van der Waals surface area contributed by atoms with Gasteiger partial charge in [0.2, 0.25) is 7.29 Å². The quantitative estimate of drug-likeness (QED) is 0.511. The van der Waals surface area contributed by atoms with Crippen LogP contribution in [0.1, 0.15) is 18.5 Å². The van der Waals surface area contributed by atoms with Crippen LogP contribution in [0.25, 0.3) is 0 Å². The zero-order valence-corrected chi connectivity index (χ0v) is 15.2. The summed E-state index contributed by atoms with van der Waals surface area (Å²) in [5.41, 5.74) is 1.99. The molecule has 3 rings (SSSR count). The Kier molecular flexibility index (Phi) is 5.33. The first-order valence-electron chi connectivity index (χ1n) is 8.31. The fraction of sp³-hybridized carbons (Fsp3) is 0.0909. The molecule has 0 spiro atoms. The average molecular weight is 347 g/mol. The second-order valence-corrected chi connectivity index (χ2v) is 8.61. The van der Waals surface area contributed by atoms with Gasteiger partial charge in [-0.15, -0.1) is 0 Å². The zero-order chi connectivity index (χ0) is 17.7. The molecule has 1 unspecified atom stereocenters. The highest BCUT2D eigenvalue weighted by molar-refractivity contribution is 7.76. The minimum Gasteiger partial charge on any atom is -0.296 e. The third kappa shape index (κ3) is 3.82. The number of hydrogen-bond donors (Lipinski definition) is 1. The van der Waals surface area contributed by atoms with Crippen molar-refractivity contribution in [2.45, 2.75) is 13.0 Å². The van der Waals surface area contributed by atoms with Gasteiger partial charge in [-0.25, -0.2) is 5.09 Å². The molecule has 0 fully saturated rings. The molecule has 0 aliphatic rings. The molecule has 0 saturated heterocycles. The van der Waals surface area contributed by atoms with E-state index in [1.165, 1.54) is 0 Å². The normalized spacial score (nSPS) is 12.5. The van der Waals surface area contributed by atoms with E-state index in [1.807, 2.05) is 97.9 Å². The van der Waals surface area contributed by atoms with Crippen LogP contribution in [0.2, 0.25) is 0 Å². The lowest BCUT2D eigenvalue weighted by atomic mass is 10.0. The smallest absolute Gasteiger partial charge is 0.205 e. The Hall–Kier alpha value is -2.41. The maximum atomic E-state index is 14.2. The van der Waals surface area contributed by atoms with E-state index in [2.05, 4.69) is 11.7 Å². The molecule has 1 atom stereocenters. The van der Waals surface area contributed by atoms with E-state index in [4.69, 9.17) is 0 Å². The standard InChI is InChI=1S/C22H22NOP/c1-18(2)22(19-12-6-3-7-13-19)23-25(24,20-14-8-4-9-15-20)21-16-10-5-11-17-21/h3-17,22H,1H2,2H3,(H,23,24). The molecule has 1 N–H and O–H groups in total. The van der Waals surface area contributed by atoms with E-state index in [0.29, 0.717) is 0 Å². The van der Waals surface area contributed by atoms with Crippen molar-refractivity contribution in [2.75, 3.05) is 0 Å². The SMILES string of the molecule is C=C(C)C(NP(=O)(c1ccccc1)c1ccccc1)c1ccccc1. The largest absolute Gasteiger partial charge is 0.296 e. The summed E-state index contributed by atoms with van der Waals surface area (Å²) < 4.78 is 14.2. The molecule has 0 aliphatic carbocycles. The van der Waals surface area contributed by atoms with E-state index in [9.17, 15) is 4.57 Å². The fourth-order valence-electron chi connectivity index (χ4n) is 2.87. The van der Waals surface area contributed by atoms with Gasteiger partial charge < -0.3 is 0 Å². The van der Waals surface area contributed by atoms with Crippen LogP contribution in [-0.4, -0.2) is 0 Å². The van der Waals surface area contributed by atoms with Crippen LogP contribution in [0.3, 0.4) is 0 Å². The lowest BCUT2D eigenvalue weighted by molar-refractivity contribution is 0.571. The summed E-state index contributed by atoms with van der Waals surface area (Å²) in [6.07, 6.45) is 0. The van der Waals surface area contributed by atoms with Crippen molar-refractivity contribution in [3.8, 4) is 0 Å². The highest BCUT2D eigenvalue weighted by atomic mass is 31.2.